The number of nitrogens with one attached hydrogen (secondary N) is 1. The molecule has 15 heteroatoms. The van der Waals surface area contributed by atoms with Crippen LogP contribution in [0.5, 0.6) is 0 Å². The summed E-state index contributed by atoms with van der Waals surface area (Å²) in [6.45, 7) is -1.73. The molecule has 0 radical (unpaired) electrons. The summed E-state index contributed by atoms with van der Waals surface area (Å²) < 4.78 is 38.3. The minimum atomic E-state index is -3.04. The van der Waals surface area contributed by atoms with Crippen molar-refractivity contribution in [2.75, 3.05) is 29.1 Å². The fourth-order valence-corrected chi connectivity index (χ4v) is 4.07. The second-order valence-corrected chi connectivity index (χ2v) is 8.61. The summed E-state index contributed by atoms with van der Waals surface area (Å²) in [5.41, 5.74) is 3.58. The van der Waals surface area contributed by atoms with Crippen LogP contribution in [0.2, 0.25) is 0 Å². The van der Waals surface area contributed by atoms with E-state index in [0.717, 1.165) is 12.3 Å². The Kier molecular flexibility index (Phi) is 6.16. The van der Waals surface area contributed by atoms with Gasteiger partial charge in [0.05, 0.1) is 24.2 Å². The molecule has 0 saturated carbocycles. The number of aliphatic hydroxyl groups is 1. The number of aromatic nitrogens is 4. The molecule has 1 unspecified atom stereocenters. The van der Waals surface area contributed by atoms with E-state index in [0.29, 0.717) is 11.0 Å². The zero-order valence-corrected chi connectivity index (χ0v) is 19.7. The zero-order chi connectivity index (χ0) is 27.2. The molecule has 1 aliphatic rings. The molecule has 4 heterocycles. The largest absolute Gasteiger partial charge is 0.380 e. The molecule has 1 saturated heterocycles. The van der Waals surface area contributed by atoms with Crippen molar-refractivity contribution in [2.45, 2.75) is 25.2 Å². The first-order valence-electron chi connectivity index (χ1n) is 11.2. The van der Waals surface area contributed by atoms with Crippen LogP contribution in [0.3, 0.4) is 0 Å². The Morgan fingerprint density at radius 1 is 1.24 bits per heavy atom. The Morgan fingerprint density at radius 2 is 2.03 bits per heavy atom. The van der Waals surface area contributed by atoms with Gasteiger partial charge in [0.25, 0.3) is 17.4 Å². The third-order valence-corrected chi connectivity index (χ3v) is 6.17. The number of nitrogens with two attached hydrogens (primary N) is 1. The van der Waals surface area contributed by atoms with Crippen molar-refractivity contribution in [1.29, 1.82) is 0 Å². The molecule has 5 rings (SSSR count). The van der Waals surface area contributed by atoms with Crippen molar-refractivity contribution in [3.05, 3.63) is 59.1 Å². The van der Waals surface area contributed by atoms with Crippen LogP contribution in [0.25, 0.3) is 16.7 Å². The average Bonchev–Trinajstić information content (AvgIpc) is 3.52. The lowest BCUT2D eigenvalue weighted by molar-refractivity contribution is -0.170. The molecule has 0 bridgehead atoms. The van der Waals surface area contributed by atoms with Crippen LogP contribution in [0.1, 0.15) is 13.5 Å². The van der Waals surface area contributed by atoms with Gasteiger partial charge in [-0.1, -0.05) is 5.16 Å². The zero-order valence-electron chi connectivity index (χ0n) is 19.7. The van der Waals surface area contributed by atoms with E-state index in [1.165, 1.54) is 47.0 Å². The number of aliphatic hydroxyl groups excluding tert-OH is 1. The number of hydrogen-bond acceptors (Lipinski definition) is 9. The number of carbonyl (C=O) groups is 2. The Hall–Kier alpha value is -4.63. The van der Waals surface area contributed by atoms with Gasteiger partial charge in [-0.3, -0.25) is 23.9 Å². The van der Waals surface area contributed by atoms with Crippen molar-refractivity contribution in [2.24, 2.45) is 0 Å². The Bertz CT molecular complexity index is 1600. The van der Waals surface area contributed by atoms with Crippen LogP contribution in [0.4, 0.5) is 26.1 Å². The third-order valence-electron chi connectivity index (χ3n) is 6.17. The highest BCUT2D eigenvalue weighted by atomic mass is 19.3. The highest BCUT2D eigenvalue weighted by Crippen LogP contribution is 2.29. The topological polar surface area (TPSA) is 171 Å². The number of halogens is 2. The lowest BCUT2D eigenvalue weighted by Crippen LogP contribution is -2.63. The van der Waals surface area contributed by atoms with Crippen LogP contribution in [0, 0.1) is 0 Å². The minimum absolute atomic E-state index is 0.0288. The number of hydrogen-bond donors (Lipinski definition) is 3. The van der Waals surface area contributed by atoms with Gasteiger partial charge in [-0.15, -0.1) is 5.10 Å². The molecule has 1 fully saturated rings. The van der Waals surface area contributed by atoms with E-state index in [1.807, 2.05) is 0 Å². The van der Waals surface area contributed by atoms with Crippen molar-refractivity contribution in [1.82, 2.24) is 19.5 Å². The van der Waals surface area contributed by atoms with Gasteiger partial charge >= 0.3 is 6.55 Å². The van der Waals surface area contributed by atoms with E-state index in [2.05, 4.69) is 15.6 Å². The molecule has 0 aliphatic carbocycles. The number of anilines is 3. The molecule has 1 aliphatic heterocycles. The van der Waals surface area contributed by atoms with Crippen molar-refractivity contribution in [3.8, 4) is 5.69 Å². The number of pyridine rings is 1. The van der Waals surface area contributed by atoms with Crippen LogP contribution < -0.4 is 21.5 Å². The van der Waals surface area contributed by atoms with E-state index in [1.54, 1.807) is 6.07 Å². The Balaban J connectivity index is 1.35. The molecule has 2 amide bonds. The van der Waals surface area contributed by atoms with Gasteiger partial charge in [-0.05, 0) is 25.1 Å². The summed E-state index contributed by atoms with van der Waals surface area (Å²) in [7, 11) is 0. The molecule has 198 valence electrons. The molecule has 13 nitrogen and oxygen atoms in total. The van der Waals surface area contributed by atoms with Crippen LogP contribution in [-0.4, -0.2) is 61.3 Å². The van der Waals surface area contributed by atoms with Crippen molar-refractivity contribution in [3.63, 3.8) is 0 Å². The fourth-order valence-electron chi connectivity index (χ4n) is 4.07. The number of nitrogen functional groups attached to an aromatic ring is 1. The van der Waals surface area contributed by atoms with E-state index >= 15 is 0 Å². The number of benzene rings is 1. The maximum Gasteiger partial charge on any atom is 0.321 e. The normalized spacial score (nSPS) is 18.8. The minimum Gasteiger partial charge on any atom is -0.380 e. The summed E-state index contributed by atoms with van der Waals surface area (Å²) in [4.78, 5) is 39.1. The molecular formula is C23H21F2N7O6. The molecule has 1 aromatic carbocycles. The van der Waals surface area contributed by atoms with Crippen molar-refractivity contribution >= 4 is 40.1 Å². The molecule has 3 aromatic heterocycles. The second-order valence-electron chi connectivity index (χ2n) is 8.61. The molecule has 0 spiro atoms. The maximum absolute atomic E-state index is 13.4. The highest BCUT2D eigenvalue weighted by molar-refractivity contribution is 6.06. The van der Waals surface area contributed by atoms with Gasteiger partial charge in [0.1, 0.15) is 0 Å². The smallest absolute Gasteiger partial charge is 0.321 e. The molecule has 4 aromatic rings. The van der Waals surface area contributed by atoms with E-state index in [9.17, 15) is 28.3 Å². The van der Waals surface area contributed by atoms with Crippen LogP contribution in [-0.2, 0) is 14.3 Å². The number of alkyl halides is 2. The van der Waals surface area contributed by atoms with Gasteiger partial charge in [0, 0.05) is 36.3 Å². The Morgan fingerprint density at radius 3 is 2.79 bits per heavy atom. The summed E-state index contributed by atoms with van der Waals surface area (Å²) in [6.07, 6.45) is 0.443. The van der Waals surface area contributed by atoms with Gasteiger partial charge in [-0.25, -0.2) is 4.68 Å². The SMILES string of the molecule is CC1([C@@H](O)C(=O)Nc2ccc3c(N)noc3c2)OCCN(c2ccn(-c3ccc(=O)n(C(F)F)c3)n2)C1=O. The summed E-state index contributed by atoms with van der Waals surface area (Å²) >= 11 is 0. The van der Waals surface area contributed by atoms with Gasteiger partial charge in [-0.2, -0.15) is 8.78 Å². The Labute approximate surface area is 212 Å². The number of amides is 2. The highest BCUT2D eigenvalue weighted by Gasteiger charge is 2.51. The molecule has 2 atom stereocenters. The lowest BCUT2D eigenvalue weighted by Gasteiger charge is -2.40. The first kappa shape index (κ1) is 25.0. The van der Waals surface area contributed by atoms with Gasteiger partial charge in [0.15, 0.2) is 28.9 Å². The second kappa shape index (κ2) is 9.35. The van der Waals surface area contributed by atoms with E-state index < -0.39 is 35.6 Å². The summed E-state index contributed by atoms with van der Waals surface area (Å²) in [6, 6.07) is 8.31. The first-order chi connectivity index (χ1) is 18.1. The monoisotopic (exact) mass is 529 g/mol. The average molecular weight is 529 g/mol. The third kappa shape index (κ3) is 4.26. The number of rotatable bonds is 6. The predicted octanol–water partition coefficient (Wildman–Crippen LogP) is 1.27. The number of nitrogens with zero attached hydrogens (tertiary/aromatic N) is 5. The van der Waals surface area contributed by atoms with Gasteiger partial charge < -0.3 is 25.4 Å². The molecular weight excluding hydrogens is 508 g/mol. The molecule has 38 heavy (non-hydrogen) atoms. The first-order valence-corrected chi connectivity index (χ1v) is 11.2. The van der Waals surface area contributed by atoms with E-state index in [-0.39, 0.29) is 40.7 Å². The van der Waals surface area contributed by atoms with E-state index in [4.69, 9.17) is 15.0 Å². The predicted molar refractivity (Wildman–Crippen MR) is 129 cm³/mol. The maximum atomic E-state index is 13.4. The number of ether oxygens (including phenoxy) is 1. The summed E-state index contributed by atoms with van der Waals surface area (Å²) in [5, 5.41) is 21.8. The van der Waals surface area contributed by atoms with Crippen molar-refractivity contribution < 1.29 is 32.7 Å². The number of fused-ring (bicyclic) bond motifs is 1. The van der Waals surface area contributed by atoms with Gasteiger partial charge in [0.2, 0.25) is 0 Å². The number of carbonyl (C=O) groups excluding carboxylic acids is 2. The molecule has 4 N–H and O–H groups in total. The quantitative estimate of drug-likeness (QED) is 0.333. The van der Waals surface area contributed by atoms with Crippen LogP contribution in [0.15, 0.2) is 58.1 Å². The lowest BCUT2D eigenvalue weighted by atomic mass is 9.94. The summed E-state index contributed by atoms with van der Waals surface area (Å²) in [5.74, 6) is -1.34. The fraction of sp³-hybridized carbons (Fsp3) is 0.261. The standard InChI is InChI=1S/C23H21F2N7O6/c1-23(18(34)20(35)27-12-2-4-14-15(10-12)38-29-19(14)26)21(36)30(8-9-37-23)16-6-7-32(28-16)13-3-5-17(33)31(11-13)22(24)25/h2-7,10-11,18,22,34H,8-9H2,1H3,(H2,26,29)(H,27,35)/t18-,23?/m0/s1. The number of morpholine rings is 1. The van der Waals surface area contributed by atoms with Crippen LogP contribution >= 0.6 is 0 Å².